The van der Waals surface area contributed by atoms with Gasteiger partial charge >= 0.3 is 0 Å². The lowest BCUT2D eigenvalue weighted by Gasteiger charge is -2.34. The van der Waals surface area contributed by atoms with Gasteiger partial charge in [0, 0.05) is 28.1 Å². The fraction of sp³-hybridized carbons (Fsp3) is 0.235. The van der Waals surface area contributed by atoms with E-state index in [0.717, 1.165) is 13.4 Å². The number of nitrogens with one attached hydrogen (secondary N) is 1. The van der Waals surface area contributed by atoms with Crippen molar-refractivity contribution < 1.29 is 22.4 Å². The first-order valence-electron chi connectivity index (χ1n) is 14.3. The van der Waals surface area contributed by atoms with Crippen LogP contribution in [0.5, 0.6) is 0 Å². The third-order valence-electron chi connectivity index (χ3n) is 7.30. The zero-order valence-corrected chi connectivity index (χ0v) is 27.5. The molecule has 4 aromatic carbocycles. The molecule has 4 aromatic rings. The van der Waals surface area contributed by atoms with Gasteiger partial charge in [0.1, 0.15) is 18.4 Å². The number of rotatable bonds is 13. The summed E-state index contributed by atoms with van der Waals surface area (Å²) in [6.07, 6.45) is 0.819. The van der Waals surface area contributed by atoms with Gasteiger partial charge in [-0.15, -0.1) is 0 Å². The maximum absolute atomic E-state index is 15.0. The lowest BCUT2D eigenvalue weighted by atomic mass is 10.0. The predicted octanol–water partition coefficient (Wildman–Crippen LogP) is 6.18. The summed E-state index contributed by atoms with van der Waals surface area (Å²) in [5, 5.41) is 2.97. The lowest BCUT2D eigenvalue weighted by molar-refractivity contribution is -0.140. The molecule has 0 fully saturated rings. The van der Waals surface area contributed by atoms with Gasteiger partial charge in [-0.05, 0) is 84.0 Å². The van der Waals surface area contributed by atoms with E-state index >= 15 is 0 Å². The highest BCUT2D eigenvalue weighted by Gasteiger charge is 2.35. The molecule has 0 saturated heterocycles. The summed E-state index contributed by atoms with van der Waals surface area (Å²) in [6, 6.07) is 28.7. The van der Waals surface area contributed by atoms with E-state index in [1.165, 1.54) is 23.1 Å². The van der Waals surface area contributed by atoms with Crippen LogP contribution in [-0.2, 0) is 32.6 Å². The van der Waals surface area contributed by atoms with E-state index in [1.807, 2.05) is 44.2 Å². The molecule has 0 heterocycles. The second-order valence-electron chi connectivity index (χ2n) is 10.4. The molecule has 0 saturated carbocycles. The molecule has 2 atom stereocenters. The second-order valence-corrected chi connectivity index (χ2v) is 13.5. The van der Waals surface area contributed by atoms with Crippen LogP contribution in [0.1, 0.15) is 31.4 Å². The van der Waals surface area contributed by atoms with Crippen LogP contribution in [0.2, 0.25) is 0 Å². The average Bonchev–Trinajstić information content (AvgIpc) is 3.03. The molecule has 0 aliphatic heterocycles. The summed E-state index contributed by atoms with van der Waals surface area (Å²) >= 11 is 2.12. The smallest absolute Gasteiger partial charge is 0.264 e. The first-order valence-corrected chi connectivity index (χ1v) is 16.8. The van der Waals surface area contributed by atoms with Crippen LogP contribution in [0, 0.1) is 9.39 Å². The van der Waals surface area contributed by atoms with Gasteiger partial charge in [0.05, 0.1) is 10.6 Å². The Morgan fingerprint density at radius 2 is 1.45 bits per heavy atom. The van der Waals surface area contributed by atoms with E-state index in [4.69, 9.17) is 0 Å². The number of halogens is 2. The minimum absolute atomic E-state index is 0.0161. The van der Waals surface area contributed by atoms with Crippen LogP contribution < -0.4 is 9.62 Å². The van der Waals surface area contributed by atoms with E-state index in [2.05, 4.69) is 27.9 Å². The molecule has 2 amide bonds. The van der Waals surface area contributed by atoms with Crippen LogP contribution >= 0.6 is 22.6 Å². The molecule has 0 spiro atoms. The van der Waals surface area contributed by atoms with Crippen molar-refractivity contribution in [2.24, 2.45) is 0 Å². The predicted molar refractivity (Wildman–Crippen MR) is 179 cm³/mol. The van der Waals surface area contributed by atoms with Gasteiger partial charge < -0.3 is 10.2 Å². The largest absolute Gasteiger partial charge is 0.352 e. The number of carbonyl (C=O) groups excluding carboxylic acids is 2. The van der Waals surface area contributed by atoms with Crippen LogP contribution in [-0.4, -0.2) is 43.8 Å². The summed E-state index contributed by atoms with van der Waals surface area (Å²) in [4.78, 5) is 29.5. The van der Waals surface area contributed by atoms with E-state index in [0.29, 0.717) is 6.42 Å². The Kier molecular flexibility index (Phi) is 11.5. The Morgan fingerprint density at radius 3 is 2.07 bits per heavy atom. The third kappa shape index (κ3) is 8.44. The second kappa shape index (κ2) is 15.3. The van der Waals surface area contributed by atoms with Crippen LogP contribution in [0.3, 0.4) is 0 Å². The van der Waals surface area contributed by atoms with Crippen molar-refractivity contribution in [1.29, 1.82) is 0 Å². The normalized spacial score (nSPS) is 12.6. The van der Waals surface area contributed by atoms with Crippen molar-refractivity contribution in [2.75, 3.05) is 10.8 Å². The van der Waals surface area contributed by atoms with Crippen molar-refractivity contribution in [2.45, 2.75) is 50.2 Å². The Morgan fingerprint density at radius 1 is 0.864 bits per heavy atom. The number of carbonyl (C=O) groups is 2. The summed E-state index contributed by atoms with van der Waals surface area (Å²) in [6.45, 7) is 2.97. The molecule has 0 aliphatic rings. The van der Waals surface area contributed by atoms with E-state index in [1.54, 1.807) is 60.7 Å². The molecule has 0 radical (unpaired) electrons. The van der Waals surface area contributed by atoms with Gasteiger partial charge in [0.15, 0.2) is 0 Å². The topological polar surface area (TPSA) is 86.8 Å². The molecule has 10 heteroatoms. The summed E-state index contributed by atoms with van der Waals surface area (Å²) in [5.74, 6) is -1.58. The fourth-order valence-corrected chi connectivity index (χ4v) is 6.46. The number of amides is 2. The average molecular weight is 728 g/mol. The fourth-order valence-electron chi connectivity index (χ4n) is 4.66. The number of hydrogen-bond acceptors (Lipinski definition) is 4. The van der Waals surface area contributed by atoms with Crippen molar-refractivity contribution in [3.8, 4) is 0 Å². The first kappa shape index (κ1) is 33.1. The monoisotopic (exact) mass is 727 g/mol. The third-order valence-corrected chi connectivity index (χ3v) is 9.80. The molecule has 0 aliphatic carbocycles. The van der Waals surface area contributed by atoms with Crippen LogP contribution in [0.4, 0.5) is 10.1 Å². The molecule has 44 heavy (non-hydrogen) atoms. The van der Waals surface area contributed by atoms with Gasteiger partial charge in [-0.25, -0.2) is 12.8 Å². The zero-order valence-electron chi connectivity index (χ0n) is 24.6. The lowest BCUT2D eigenvalue weighted by Crippen LogP contribution is -2.54. The maximum Gasteiger partial charge on any atom is 0.264 e. The minimum Gasteiger partial charge on any atom is -0.352 e. The van der Waals surface area contributed by atoms with Gasteiger partial charge in [0.25, 0.3) is 10.0 Å². The minimum atomic E-state index is -4.20. The Labute approximate surface area is 272 Å². The Bertz CT molecular complexity index is 1660. The van der Waals surface area contributed by atoms with Crippen molar-refractivity contribution in [3.63, 3.8) is 0 Å². The van der Waals surface area contributed by atoms with Gasteiger partial charge in [-0.3, -0.25) is 13.9 Å². The molecule has 0 aromatic heterocycles. The van der Waals surface area contributed by atoms with E-state index in [-0.39, 0.29) is 35.2 Å². The Balaban J connectivity index is 1.80. The quantitative estimate of drug-likeness (QED) is 0.167. The first-order chi connectivity index (χ1) is 21.1. The molecule has 230 valence electrons. The van der Waals surface area contributed by atoms with Gasteiger partial charge in [-0.1, -0.05) is 73.7 Å². The highest BCUT2D eigenvalue weighted by atomic mass is 127. The van der Waals surface area contributed by atoms with E-state index in [9.17, 15) is 22.4 Å². The maximum atomic E-state index is 15.0. The van der Waals surface area contributed by atoms with Crippen molar-refractivity contribution >= 4 is 50.1 Å². The molecule has 4 rings (SSSR count). The van der Waals surface area contributed by atoms with Crippen LogP contribution in [0.15, 0.2) is 114 Å². The highest BCUT2D eigenvalue weighted by Crippen LogP contribution is 2.26. The van der Waals surface area contributed by atoms with Gasteiger partial charge in [0.2, 0.25) is 11.8 Å². The highest BCUT2D eigenvalue weighted by molar-refractivity contribution is 14.1. The molecule has 1 N–H and O–H groups in total. The number of nitrogens with zero attached hydrogens (tertiary/aromatic N) is 2. The van der Waals surface area contributed by atoms with E-state index < -0.39 is 40.2 Å². The number of sulfonamides is 1. The number of anilines is 1. The number of hydrogen-bond donors (Lipinski definition) is 1. The molecule has 0 bridgehead atoms. The summed E-state index contributed by atoms with van der Waals surface area (Å²) in [5.41, 5.74) is 1.30. The Hall–Kier alpha value is -3.77. The molecule has 0 unspecified atom stereocenters. The molecular weight excluding hydrogens is 692 g/mol. The summed E-state index contributed by atoms with van der Waals surface area (Å²) in [7, 11) is -4.20. The number of benzene rings is 4. The van der Waals surface area contributed by atoms with Crippen molar-refractivity contribution in [1.82, 2.24) is 10.2 Å². The molecule has 7 nitrogen and oxygen atoms in total. The van der Waals surface area contributed by atoms with Crippen molar-refractivity contribution in [3.05, 3.63) is 130 Å². The standard InChI is InChI=1S/C34H35FIN3O4S/c1-3-25(2)37-34(41)32(22-26-12-6-4-7-13-26)38(23-27-14-10-11-17-31(27)35)33(40)24-39(29-20-18-28(36)19-21-29)44(42,43)30-15-8-5-9-16-30/h4-21,25,32H,3,22-24H2,1-2H3,(H,37,41)/t25-,32-/m1/s1. The van der Waals surface area contributed by atoms with Crippen LogP contribution in [0.25, 0.3) is 0 Å². The SMILES string of the molecule is CC[C@@H](C)NC(=O)[C@@H](Cc1ccccc1)N(Cc1ccccc1F)C(=O)CN(c1ccc(I)cc1)S(=O)(=O)c1ccccc1. The zero-order chi connectivity index (χ0) is 31.7. The summed E-state index contributed by atoms with van der Waals surface area (Å²) < 4.78 is 44.9. The molecular formula is C34H35FIN3O4S. The van der Waals surface area contributed by atoms with Gasteiger partial charge in [-0.2, -0.15) is 0 Å².